The molecule has 3 heterocycles. The van der Waals surface area contributed by atoms with Gasteiger partial charge in [0.05, 0.1) is 0 Å². The zero-order valence-electron chi connectivity index (χ0n) is 6.92. The van der Waals surface area contributed by atoms with Crippen molar-refractivity contribution in [2.24, 2.45) is 20.0 Å². The second kappa shape index (κ2) is 2.44. The molecular weight excluding hydrogens is 185 g/mol. The minimum atomic E-state index is -0.412. The van der Waals surface area contributed by atoms with E-state index in [2.05, 4.69) is 20.0 Å². The molecule has 3 rings (SSSR count). The first-order valence-corrected chi connectivity index (χ1v) is 3.95. The van der Waals surface area contributed by atoms with E-state index < -0.39 is 5.83 Å². The van der Waals surface area contributed by atoms with E-state index in [0.717, 1.165) is 0 Å². The first-order valence-electron chi connectivity index (χ1n) is 3.95. The molecule has 14 heavy (non-hydrogen) atoms. The molecule has 0 radical (unpaired) electrons. The second-order valence-corrected chi connectivity index (χ2v) is 2.75. The predicted octanol–water partition coefficient (Wildman–Crippen LogP) is 0.835. The lowest BCUT2D eigenvalue weighted by molar-refractivity contribution is 0.619. The maximum atomic E-state index is 13.3. The smallest absolute Gasteiger partial charge is 0.240 e. The van der Waals surface area contributed by atoms with Gasteiger partial charge in [-0.1, -0.05) is 0 Å². The van der Waals surface area contributed by atoms with Crippen LogP contribution in [0.5, 0.6) is 0 Å². The number of aliphatic imine (C=N–C) groups is 4. The summed E-state index contributed by atoms with van der Waals surface area (Å²) in [5, 5.41) is 0. The predicted molar refractivity (Wildman–Crippen MR) is 51.0 cm³/mol. The van der Waals surface area contributed by atoms with E-state index in [1.54, 1.807) is 6.08 Å². The molecule has 0 amide bonds. The molecule has 0 saturated heterocycles. The number of guanidine groups is 1. The number of hydrogen-bond donors (Lipinski definition) is 0. The van der Waals surface area contributed by atoms with Crippen LogP contribution in [0.3, 0.4) is 0 Å². The first-order chi connectivity index (χ1) is 6.86. The fraction of sp³-hybridized carbons (Fsp3) is 0. The fourth-order valence-corrected chi connectivity index (χ4v) is 1.35. The Balaban J connectivity index is 2.24. The van der Waals surface area contributed by atoms with E-state index in [-0.39, 0.29) is 5.84 Å². The lowest BCUT2D eigenvalue weighted by Crippen LogP contribution is -2.40. The Bertz CT molecular complexity index is 480. The SMILES string of the molecule is FC1=CC=C2N=CN=C3N=CN=C1N23. The highest BCUT2D eigenvalue weighted by molar-refractivity contribution is 6.17. The minimum Gasteiger partial charge on any atom is -0.243 e. The third kappa shape index (κ3) is 0.819. The molecule has 0 spiro atoms. The number of halogens is 1. The molecule has 3 aliphatic rings. The number of allylic oxidation sites excluding steroid dienone is 2. The molecule has 0 aliphatic carbocycles. The summed E-state index contributed by atoms with van der Waals surface area (Å²) in [4.78, 5) is 17.1. The van der Waals surface area contributed by atoms with Crippen LogP contribution in [0.2, 0.25) is 0 Å². The summed E-state index contributed by atoms with van der Waals surface area (Å²) in [6.07, 6.45) is 5.54. The maximum Gasteiger partial charge on any atom is 0.240 e. The number of nitrogens with zero attached hydrogens (tertiary/aromatic N) is 5. The zero-order chi connectivity index (χ0) is 9.54. The van der Waals surface area contributed by atoms with Crippen molar-refractivity contribution in [3.8, 4) is 0 Å². The van der Waals surface area contributed by atoms with Crippen molar-refractivity contribution in [2.45, 2.75) is 0 Å². The number of amidine groups is 1. The van der Waals surface area contributed by atoms with Crippen molar-refractivity contribution in [3.63, 3.8) is 0 Å². The summed E-state index contributed by atoms with van der Waals surface area (Å²) < 4.78 is 13.3. The average Bonchev–Trinajstić information content (AvgIpc) is 2.24. The first kappa shape index (κ1) is 7.31. The van der Waals surface area contributed by atoms with Crippen molar-refractivity contribution in [2.75, 3.05) is 0 Å². The van der Waals surface area contributed by atoms with Crippen LogP contribution in [-0.4, -0.2) is 29.4 Å². The average molecular weight is 189 g/mol. The standard InChI is InChI=1S/C8H4FN5/c9-5-1-2-6-10-3-12-8-13-4-11-7(5)14(6)8/h1-4H. The van der Waals surface area contributed by atoms with Gasteiger partial charge < -0.3 is 0 Å². The molecule has 3 aliphatic heterocycles. The van der Waals surface area contributed by atoms with E-state index in [4.69, 9.17) is 0 Å². The molecule has 0 aromatic rings. The van der Waals surface area contributed by atoms with Crippen molar-refractivity contribution in [3.05, 3.63) is 23.8 Å². The summed E-state index contributed by atoms with van der Waals surface area (Å²) in [7, 11) is 0. The lowest BCUT2D eigenvalue weighted by Gasteiger charge is -2.28. The third-order valence-electron chi connectivity index (χ3n) is 1.95. The van der Waals surface area contributed by atoms with Gasteiger partial charge in [0, 0.05) is 0 Å². The molecule has 0 bridgehead atoms. The maximum absolute atomic E-state index is 13.3. The van der Waals surface area contributed by atoms with E-state index >= 15 is 0 Å². The topological polar surface area (TPSA) is 52.7 Å². The van der Waals surface area contributed by atoms with Gasteiger partial charge in [-0.15, -0.1) is 0 Å². The quantitative estimate of drug-likeness (QED) is 0.557. The Morgan fingerprint density at radius 3 is 2.86 bits per heavy atom. The molecule has 0 unspecified atom stereocenters. The molecular formula is C8H4FN5. The summed E-state index contributed by atoms with van der Waals surface area (Å²) in [5.74, 6) is 0.740. The molecule has 6 heteroatoms. The molecule has 0 N–H and O–H groups in total. The van der Waals surface area contributed by atoms with Gasteiger partial charge in [0.2, 0.25) is 5.96 Å². The van der Waals surface area contributed by atoms with Gasteiger partial charge in [0.15, 0.2) is 11.7 Å². The molecule has 0 atom stereocenters. The van der Waals surface area contributed by atoms with Crippen LogP contribution in [0.25, 0.3) is 0 Å². The molecule has 0 saturated carbocycles. The molecule has 0 aromatic carbocycles. The highest BCUT2D eigenvalue weighted by atomic mass is 19.1. The van der Waals surface area contributed by atoms with Crippen molar-refractivity contribution in [1.82, 2.24) is 4.90 Å². The van der Waals surface area contributed by atoms with E-state index in [1.807, 2.05) is 0 Å². The van der Waals surface area contributed by atoms with Gasteiger partial charge in [-0.2, -0.15) is 0 Å². The molecule has 68 valence electrons. The summed E-state index contributed by atoms with van der Waals surface area (Å²) >= 11 is 0. The fourth-order valence-electron chi connectivity index (χ4n) is 1.35. The largest absolute Gasteiger partial charge is 0.243 e. The normalized spacial score (nSPS) is 22.2. The Morgan fingerprint density at radius 1 is 1.07 bits per heavy atom. The van der Waals surface area contributed by atoms with Crippen LogP contribution < -0.4 is 0 Å². The van der Waals surface area contributed by atoms with Crippen LogP contribution in [0, 0.1) is 0 Å². The molecule has 0 fully saturated rings. The second-order valence-electron chi connectivity index (χ2n) is 2.75. The summed E-state index contributed by atoms with van der Waals surface area (Å²) in [6, 6.07) is 0. The summed E-state index contributed by atoms with van der Waals surface area (Å²) in [6.45, 7) is 0. The van der Waals surface area contributed by atoms with Crippen molar-refractivity contribution >= 4 is 24.5 Å². The Morgan fingerprint density at radius 2 is 1.93 bits per heavy atom. The zero-order valence-corrected chi connectivity index (χ0v) is 6.92. The highest BCUT2D eigenvalue weighted by Crippen LogP contribution is 2.23. The summed E-state index contributed by atoms with van der Waals surface area (Å²) in [5.41, 5.74) is 0. The van der Waals surface area contributed by atoms with Crippen LogP contribution in [0.15, 0.2) is 43.8 Å². The van der Waals surface area contributed by atoms with Gasteiger partial charge in [-0.3, -0.25) is 0 Å². The number of hydrogen-bond acceptors (Lipinski definition) is 5. The number of rotatable bonds is 0. The minimum absolute atomic E-state index is 0.188. The van der Waals surface area contributed by atoms with E-state index in [9.17, 15) is 4.39 Å². The van der Waals surface area contributed by atoms with Crippen LogP contribution in [0.1, 0.15) is 0 Å². The van der Waals surface area contributed by atoms with Crippen LogP contribution in [-0.2, 0) is 0 Å². The monoisotopic (exact) mass is 189 g/mol. The highest BCUT2D eigenvalue weighted by Gasteiger charge is 2.30. The van der Waals surface area contributed by atoms with Crippen LogP contribution >= 0.6 is 0 Å². The van der Waals surface area contributed by atoms with Gasteiger partial charge in [0.25, 0.3) is 0 Å². The van der Waals surface area contributed by atoms with E-state index in [1.165, 1.54) is 23.7 Å². The van der Waals surface area contributed by atoms with Gasteiger partial charge >= 0.3 is 0 Å². The van der Waals surface area contributed by atoms with Gasteiger partial charge in [0.1, 0.15) is 18.5 Å². The Hall–Kier alpha value is -2.11. The molecule has 5 nitrogen and oxygen atoms in total. The lowest BCUT2D eigenvalue weighted by atomic mass is 10.2. The molecule has 0 aromatic heterocycles. The van der Waals surface area contributed by atoms with Gasteiger partial charge in [-0.05, 0) is 12.2 Å². The van der Waals surface area contributed by atoms with Crippen molar-refractivity contribution in [1.29, 1.82) is 0 Å². The van der Waals surface area contributed by atoms with Crippen molar-refractivity contribution < 1.29 is 4.39 Å². The van der Waals surface area contributed by atoms with Crippen LogP contribution in [0.4, 0.5) is 4.39 Å². The van der Waals surface area contributed by atoms with Gasteiger partial charge in [-0.25, -0.2) is 29.3 Å². The van der Waals surface area contributed by atoms with E-state index in [0.29, 0.717) is 11.8 Å². The third-order valence-corrected chi connectivity index (χ3v) is 1.95. The Kier molecular flexibility index (Phi) is 1.27. The Labute approximate surface area is 78.4 Å².